The van der Waals surface area contributed by atoms with Gasteiger partial charge in [0.2, 0.25) is 5.91 Å². The number of aryl methyl sites for hydroxylation is 1. The molecule has 23 heavy (non-hydrogen) atoms. The van der Waals surface area contributed by atoms with Crippen molar-refractivity contribution in [3.63, 3.8) is 0 Å². The summed E-state index contributed by atoms with van der Waals surface area (Å²) in [5.74, 6) is 0.770. The monoisotopic (exact) mass is 316 g/mol. The number of carbonyl (C=O) groups is 1. The van der Waals surface area contributed by atoms with Gasteiger partial charge in [0.05, 0.1) is 19.3 Å². The van der Waals surface area contributed by atoms with Crippen LogP contribution in [0.15, 0.2) is 36.7 Å². The zero-order valence-electron chi connectivity index (χ0n) is 14.1. The minimum atomic E-state index is -0.232. The van der Waals surface area contributed by atoms with E-state index in [0.29, 0.717) is 13.1 Å². The van der Waals surface area contributed by atoms with E-state index in [4.69, 9.17) is 4.74 Å². The van der Waals surface area contributed by atoms with Crippen LogP contribution in [-0.4, -0.2) is 40.8 Å². The Morgan fingerprint density at radius 2 is 2.17 bits per heavy atom. The number of amides is 1. The number of methoxy groups -OCH3 is 1. The van der Waals surface area contributed by atoms with Gasteiger partial charge in [-0.1, -0.05) is 18.2 Å². The highest BCUT2D eigenvalue weighted by Gasteiger charge is 2.18. The molecule has 0 aliphatic carbocycles. The van der Waals surface area contributed by atoms with Gasteiger partial charge in [-0.05, 0) is 20.0 Å². The minimum Gasteiger partial charge on any atom is -0.496 e. The van der Waals surface area contributed by atoms with E-state index in [1.807, 2.05) is 62.6 Å². The molecule has 0 bridgehead atoms. The molecular formula is C17H24N4O2. The summed E-state index contributed by atoms with van der Waals surface area (Å²) in [5.41, 5.74) is 2.05. The van der Waals surface area contributed by atoms with Gasteiger partial charge in [0.15, 0.2) is 0 Å². The van der Waals surface area contributed by atoms with Crippen molar-refractivity contribution in [3.05, 3.63) is 47.8 Å². The van der Waals surface area contributed by atoms with Gasteiger partial charge >= 0.3 is 0 Å². The number of ether oxygens (including phenoxy) is 1. The second-order valence-electron chi connectivity index (χ2n) is 5.64. The Hall–Kier alpha value is -2.34. The van der Waals surface area contributed by atoms with E-state index in [-0.39, 0.29) is 11.9 Å². The van der Waals surface area contributed by atoms with E-state index in [0.717, 1.165) is 16.9 Å². The second-order valence-corrected chi connectivity index (χ2v) is 5.64. The van der Waals surface area contributed by atoms with Gasteiger partial charge in [-0.2, -0.15) is 5.10 Å². The van der Waals surface area contributed by atoms with E-state index in [1.165, 1.54) is 0 Å². The van der Waals surface area contributed by atoms with Crippen LogP contribution in [-0.2, 0) is 24.9 Å². The van der Waals surface area contributed by atoms with Crippen molar-refractivity contribution in [3.8, 4) is 5.75 Å². The van der Waals surface area contributed by atoms with Crippen molar-refractivity contribution in [2.75, 3.05) is 14.2 Å². The molecule has 0 fully saturated rings. The SMILES string of the molecule is COc1ccccc1CNC(=O)C(C)N(C)Cc1cnn(C)c1. The number of aromatic nitrogens is 2. The summed E-state index contributed by atoms with van der Waals surface area (Å²) in [5, 5.41) is 7.11. The number of rotatable bonds is 7. The smallest absolute Gasteiger partial charge is 0.237 e. The van der Waals surface area contributed by atoms with E-state index >= 15 is 0 Å². The summed E-state index contributed by atoms with van der Waals surface area (Å²) in [6.07, 6.45) is 3.77. The number of benzene rings is 1. The first kappa shape index (κ1) is 17.0. The standard InChI is InChI=1S/C17H24N4O2/c1-13(20(2)11-14-9-19-21(3)12-14)17(22)18-10-15-7-5-6-8-16(15)23-4/h5-9,12-13H,10-11H2,1-4H3,(H,18,22). The van der Waals surface area contributed by atoms with Crippen LogP contribution in [0.3, 0.4) is 0 Å². The average Bonchev–Trinajstić information content (AvgIpc) is 2.96. The fourth-order valence-electron chi connectivity index (χ4n) is 2.36. The Morgan fingerprint density at radius 1 is 1.43 bits per heavy atom. The van der Waals surface area contributed by atoms with Crippen LogP contribution in [0.2, 0.25) is 0 Å². The van der Waals surface area contributed by atoms with Crippen LogP contribution in [0, 0.1) is 0 Å². The van der Waals surface area contributed by atoms with Crippen LogP contribution < -0.4 is 10.1 Å². The molecule has 1 unspecified atom stereocenters. The molecule has 0 saturated heterocycles. The van der Waals surface area contributed by atoms with Crippen LogP contribution in [0.1, 0.15) is 18.1 Å². The predicted molar refractivity (Wildman–Crippen MR) is 89.0 cm³/mol. The summed E-state index contributed by atoms with van der Waals surface area (Å²) in [4.78, 5) is 14.3. The van der Waals surface area contributed by atoms with E-state index in [2.05, 4.69) is 10.4 Å². The topological polar surface area (TPSA) is 59.4 Å². The maximum Gasteiger partial charge on any atom is 0.237 e. The molecule has 0 spiro atoms. The zero-order chi connectivity index (χ0) is 16.8. The van der Waals surface area contributed by atoms with Gasteiger partial charge < -0.3 is 10.1 Å². The third kappa shape index (κ3) is 4.56. The number of hydrogen-bond acceptors (Lipinski definition) is 4. The zero-order valence-corrected chi connectivity index (χ0v) is 14.1. The Balaban J connectivity index is 1.89. The lowest BCUT2D eigenvalue weighted by Crippen LogP contribution is -2.42. The normalized spacial score (nSPS) is 12.2. The molecule has 2 aromatic rings. The Kier molecular flexibility index (Phi) is 5.76. The van der Waals surface area contributed by atoms with Crippen molar-refractivity contribution >= 4 is 5.91 Å². The Morgan fingerprint density at radius 3 is 2.83 bits per heavy atom. The summed E-state index contributed by atoms with van der Waals surface area (Å²) >= 11 is 0. The Labute approximate surface area is 137 Å². The molecular weight excluding hydrogens is 292 g/mol. The lowest BCUT2D eigenvalue weighted by molar-refractivity contribution is -0.125. The molecule has 1 amide bonds. The van der Waals surface area contributed by atoms with Gasteiger partial charge in [-0.15, -0.1) is 0 Å². The molecule has 1 N–H and O–H groups in total. The molecule has 1 atom stereocenters. The van der Waals surface area contributed by atoms with Gasteiger partial charge in [0.1, 0.15) is 5.75 Å². The summed E-state index contributed by atoms with van der Waals surface area (Å²) in [7, 11) is 5.44. The number of carbonyl (C=O) groups excluding carboxylic acids is 1. The third-order valence-corrected chi connectivity index (χ3v) is 3.88. The lowest BCUT2D eigenvalue weighted by atomic mass is 10.2. The van der Waals surface area contributed by atoms with E-state index < -0.39 is 0 Å². The molecule has 0 saturated carbocycles. The van der Waals surface area contributed by atoms with Crippen LogP contribution in [0.5, 0.6) is 5.75 Å². The predicted octanol–water partition coefficient (Wildman–Crippen LogP) is 1.57. The molecule has 6 heteroatoms. The number of nitrogens with one attached hydrogen (secondary N) is 1. The summed E-state index contributed by atoms with van der Waals surface area (Å²) < 4.78 is 7.06. The van der Waals surface area contributed by atoms with Gasteiger partial charge in [-0.25, -0.2) is 0 Å². The molecule has 1 heterocycles. The minimum absolute atomic E-state index is 0.0118. The van der Waals surface area contributed by atoms with Crippen molar-refractivity contribution in [2.24, 2.45) is 7.05 Å². The molecule has 0 aliphatic rings. The molecule has 1 aromatic carbocycles. The number of para-hydroxylation sites is 1. The van der Waals surface area contributed by atoms with Gasteiger partial charge in [0.25, 0.3) is 0 Å². The molecule has 124 valence electrons. The van der Waals surface area contributed by atoms with Crippen LogP contribution >= 0.6 is 0 Å². The molecule has 2 rings (SSSR count). The molecule has 0 radical (unpaired) electrons. The second kappa shape index (κ2) is 7.78. The van der Waals surface area contributed by atoms with E-state index in [9.17, 15) is 4.79 Å². The van der Waals surface area contributed by atoms with Crippen molar-refractivity contribution < 1.29 is 9.53 Å². The van der Waals surface area contributed by atoms with Crippen LogP contribution in [0.25, 0.3) is 0 Å². The number of nitrogens with zero attached hydrogens (tertiary/aromatic N) is 3. The van der Waals surface area contributed by atoms with Gasteiger partial charge in [-0.3, -0.25) is 14.4 Å². The third-order valence-electron chi connectivity index (χ3n) is 3.88. The molecule has 6 nitrogen and oxygen atoms in total. The van der Waals surface area contributed by atoms with Crippen molar-refractivity contribution in [1.29, 1.82) is 0 Å². The number of hydrogen-bond donors (Lipinski definition) is 1. The molecule has 0 aliphatic heterocycles. The highest BCUT2D eigenvalue weighted by atomic mass is 16.5. The van der Waals surface area contributed by atoms with Crippen molar-refractivity contribution in [2.45, 2.75) is 26.1 Å². The summed E-state index contributed by atoms with van der Waals surface area (Å²) in [6.45, 7) is 3.03. The highest BCUT2D eigenvalue weighted by Crippen LogP contribution is 2.16. The number of likely N-dealkylation sites (N-methyl/N-ethyl adjacent to an activating group) is 1. The largest absolute Gasteiger partial charge is 0.496 e. The maximum absolute atomic E-state index is 12.3. The average molecular weight is 316 g/mol. The Bertz CT molecular complexity index is 654. The quantitative estimate of drug-likeness (QED) is 0.842. The lowest BCUT2D eigenvalue weighted by Gasteiger charge is -2.23. The highest BCUT2D eigenvalue weighted by molar-refractivity contribution is 5.81. The maximum atomic E-state index is 12.3. The van der Waals surface area contributed by atoms with E-state index in [1.54, 1.807) is 11.8 Å². The fourth-order valence-corrected chi connectivity index (χ4v) is 2.36. The molecule has 1 aromatic heterocycles. The fraction of sp³-hybridized carbons (Fsp3) is 0.412. The first-order chi connectivity index (χ1) is 11.0. The van der Waals surface area contributed by atoms with Crippen LogP contribution in [0.4, 0.5) is 0 Å². The van der Waals surface area contributed by atoms with Crippen molar-refractivity contribution in [1.82, 2.24) is 20.0 Å². The van der Waals surface area contributed by atoms with Gasteiger partial charge in [0, 0.05) is 37.5 Å². The summed E-state index contributed by atoms with van der Waals surface area (Å²) in [6, 6.07) is 7.45. The first-order valence-corrected chi connectivity index (χ1v) is 7.58. The first-order valence-electron chi connectivity index (χ1n) is 7.58.